The molecule has 7 nitrogen and oxygen atoms in total. The number of nitrogens with zero attached hydrogens (tertiary/aromatic N) is 1. The Morgan fingerprint density at radius 1 is 0.963 bits per heavy atom. The molecular formula is C19H21NO6S. The summed E-state index contributed by atoms with van der Waals surface area (Å²) in [6, 6.07) is 13.1. The molecule has 0 aliphatic carbocycles. The minimum atomic E-state index is -1.26. The van der Waals surface area contributed by atoms with Gasteiger partial charge in [-0.15, -0.1) is 0 Å². The number of rotatable bonds is 6. The summed E-state index contributed by atoms with van der Waals surface area (Å²) in [6.45, 7) is 0.868. The lowest BCUT2D eigenvalue weighted by atomic mass is 10.2. The van der Waals surface area contributed by atoms with Crippen molar-refractivity contribution in [1.29, 1.82) is 0 Å². The van der Waals surface area contributed by atoms with E-state index in [2.05, 4.69) is 17.0 Å². The largest absolute Gasteiger partial charge is 0.504 e. The molecule has 0 spiro atoms. The summed E-state index contributed by atoms with van der Waals surface area (Å²) >= 11 is 1.58. The van der Waals surface area contributed by atoms with Crippen LogP contribution in [0.3, 0.4) is 0 Å². The zero-order valence-electron chi connectivity index (χ0n) is 14.9. The highest BCUT2D eigenvalue weighted by Crippen LogP contribution is 2.35. The second-order valence-electron chi connectivity index (χ2n) is 5.61. The molecule has 0 radical (unpaired) electrons. The Hall–Kier alpha value is -2.97. The van der Waals surface area contributed by atoms with Crippen LogP contribution < -0.4 is 0 Å². The van der Waals surface area contributed by atoms with Crippen LogP contribution in [-0.2, 0) is 16.1 Å². The van der Waals surface area contributed by atoms with Crippen LogP contribution in [0.4, 0.5) is 0 Å². The average molecular weight is 391 g/mol. The fourth-order valence-corrected chi connectivity index (χ4v) is 2.88. The summed E-state index contributed by atoms with van der Waals surface area (Å²) in [5.41, 5.74) is 1.24. The Bertz CT molecular complexity index is 804. The van der Waals surface area contributed by atoms with E-state index < -0.39 is 11.9 Å². The van der Waals surface area contributed by atoms with E-state index in [9.17, 15) is 19.8 Å². The SMILES string of the molecule is CN(C)Cc1ccccc1Sc1ccc(O)c(O)c1.O=C(O)C=CC(=O)O. The number of phenolic OH excluding ortho intramolecular Hbond substituents is 2. The molecule has 2 rings (SSSR count). The van der Waals surface area contributed by atoms with E-state index in [1.54, 1.807) is 23.9 Å². The highest BCUT2D eigenvalue weighted by atomic mass is 32.2. The van der Waals surface area contributed by atoms with Gasteiger partial charge in [-0.3, -0.25) is 0 Å². The zero-order chi connectivity index (χ0) is 20.4. The molecule has 0 aromatic heterocycles. The van der Waals surface area contributed by atoms with Crippen molar-refractivity contribution in [3.63, 3.8) is 0 Å². The van der Waals surface area contributed by atoms with Crippen LogP contribution in [0.25, 0.3) is 0 Å². The summed E-state index contributed by atoms with van der Waals surface area (Å²) in [7, 11) is 4.07. The van der Waals surface area contributed by atoms with Crippen LogP contribution in [0, 0.1) is 0 Å². The van der Waals surface area contributed by atoms with Gasteiger partial charge in [0.25, 0.3) is 0 Å². The molecule has 8 heteroatoms. The van der Waals surface area contributed by atoms with Crippen LogP contribution in [0.1, 0.15) is 5.56 Å². The predicted molar refractivity (Wildman–Crippen MR) is 102 cm³/mol. The Balaban J connectivity index is 0.000000387. The molecule has 144 valence electrons. The standard InChI is InChI=1S/C15H17NO2S.C4H4O4/c1-16(2)10-11-5-3-4-6-15(11)19-12-7-8-13(17)14(18)9-12;5-3(6)1-2-4(7)8/h3-9,17-18H,10H2,1-2H3;1-2H,(H,5,6)(H,7,8). The van der Waals surface area contributed by atoms with Gasteiger partial charge in [-0.25, -0.2) is 9.59 Å². The molecule has 2 aromatic rings. The predicted octanol–water partition coefficient (Wildman–Crippen LogP) is 3.02. The quantitative estimate of drug-likeness (QED) is 0.438. The smallest absolute Gasteiger partial charge is 0.328 e. The van der Waals surface area contributed by atoms with Gasteiger partial charge in [-0.05, 0) is 43.9 Å². The third-order valence-electron chi connectivity index (χ3n) is 3.00. The lowest BCUT2D eigenvalue weighted by molar-refractivity contribution is -0.134. The van der Waals surface area contributed by atoms with Crippen molar-refractivity contribution < 1.29 is 30.0 Å². The summed E-state index contributed by atoms with van der Waals surface area (Å²) in [6.07, 6.45) is 1.12. The van der Waals surface area contributed by atoms with E-state index in [0.717, 1.165) is 16.3 Å². The van der Waals surface area contributed by atoms with Crippen molar-refractivity contribution in [3.8, 4) is 11.5 Å². The van der Waals surface area contributed by atoms with Crippen molar-refractivity contribution in [2.24, 2.45) is 0 Å². The Labute approximate surface area is 161 Å². The maximum absolute atomic E-state index is 9.55. The second-order valence-corrected chi connectivity index (χ2v) is 6.72. The molecule has 0 saturated heterocycles. The van der Waals surface area contributed by atoms with E-state index in [4.69, 9.17) is 10.2 Å². The third kappa shape index (κ3) is 8.80. The summed E-state index contributed by atoms with van der Waals surface area (Å²) in [4.78, 5) is 23.3. The lowest BCUT2D eigenvalue weighted by Gasteiger charge is -2.13. The number of carboxylic acid groups (broad SMARTS) is 2. The first-order valence-electron chi connectivity index (χ1n) is 7.75. The number of aliphatic carboxylic acids is 2. The number of benzene rings is 2. The molecule has 0 atom stereocenters. The van der Waals surface area contributed by atoms with E-state index in [0.29, 0.717) is 12.2 Å². The minimum absolute atomic E-state index is 0.0879. The van der Waals surface area contributed by atoms with Crippen LogP contribution in [0.15, 0.2) is 64.4 Å². The number of aromatic hydroxyl groups is 2. The fraction of sp³-hybridized carbons (Fsp3) is 0.158. The lowest BCUT2D eigenvalue weighted by Crippen LogP contribution is -2.11. The molecule has 0 heterocycles. The summed E-state index contributed by atoms with van der Waals surface area (Å²) < 4.78 is 0. The minimum Gasteiger partial charge on any atom is -0.504 e. The van der Waals surface area contributed by atoms with Gasteiger partial charge in [-0.2, -0.15) is 0 Å². The van der Waals surface area contributed by atoms with Gasteiger partial charge < -0.3 is 25.3 Å². The number of phenols is 2. The molecule has 0 unspecified atom stereocenters. The van der Waals surface area contributed by atoms with Crippen LogP contribution in [0.5, 0.6) is 11.5 Å². The van der Waals surface area contributed by atoms with Gasteiger partial charge in [0, 0.05) is 28.5 Å². The van der Waals surface area contributed by atoms with Gasteiger partial charge in [-0.1, -0.05) is 30.0 Å². The highest BCUT2D eigenvalue weighted by molar-refractivity contribution is 7.99. The molecule has 27 heavy (non-hydrogen) atoms. The van der Waals surface area contributed by atoms with Crippen LogP contribution in [0.2, 0.25) is 0 Å². The van der Waals surface area contributed by atoms with E-state index in [1.165, 1.54) is 11.6 Å². The van der Waals surface area contributed by atoms with Gasteiger partial charge in [0.2, 0.25) is 0 Å². The van der Waals surface area contributed by atoms with Crippen molar-refractivity contribution in [2.75, 3.05) is 14.1 Å². The van der Waals surface area contributed by atoms with E-state index in [1.807, 2.05) is 26.2 Å². The first-order valence-corrected chi connectivity index (χ1v) is 8.57. The van der Waals surface area contributed by atoms with Crippen molar-refractivity contribution >= 4 is 23.7 Å². The average Bonchev–Trinajstić information content (AvgIpc) is 2.58. The number of hydrogen-bond acceptors (Lipinski definition) is 6. The molecule has 0 bridgehead atoms. The van der Waals surface area contributed by atoms with Gasteiger partial charge >= 0.3 is 11.9 Å². The van der Waals surface area contributed by atoms with Gasteiger partial charge in [0.1, 0.15) is 0 Å². The number of carboxylic acids is 2. The van der Waals surface area contributed by atoms with Crippen molar-refractivity contribution in [3.05, 3.63) is 60.2 Å². The monoisotopic (exact) mass is 391 g/mol. The molecule has 0 saturated carbocycles. The fourth-order valence-electron chi connectivity index (χ4n) is 1.91. The Kier molecular flexibility index (Phi) is 8.91. The molecule has 2 aromatic carbocycles. The summed E-state index contributed by atoms with van der Waals surface area (Å²) in [5.74, 6) is -2.69. The maximum Gasteiger partial charge on any atom is 0.328 e. The molecule has 0 amide bonds. The highest BCUT2D eigenvalue weighted by Gasteiger charge is 2.07. The van der Waals surface area contributed by atoms with Gasteiger partial charge in [0.05, 0.1) is 0 Å². The molecule has 0 aliphatic heterocycles. The molecule has 0 aliphatic rings. The topological polar surface area (TPSA) is 118 Å². The van der Waals surface area contributed by atoms with Crippen molar-refractivity contribution in [1.82, 2.24) is 4.90 Å². The zero-order valence-corrected chi connectivity index (χ0v) is 15.7. The second kappa shape index (κ2) is 10.9. The Morgan fingerprint density at radius 2 is 1.56 bits per heavy atom. The number of hydrogen-bond donors (Lipinski definition) is 4. The molecular weight excluding hydrogens is 370 g/mol. The van der Waals surface area contributed by atoms with Gasteiger partial charge in [0.15, 0.2) is 11.5 Å². The first kappa shape index (κ1) is 22.1. The van der Waals surface area contributed by atoms with Crippen LogP contribution in [-0.4, -0.2) is 51.4 Å². The Morgan fingerprint density at radius 3 is 2.07 bits per heavy atom. The molecule has 4 N–H and O–H groups in total. The van der Waals surface area contributed by atoms with E-state index in [-0.39, 0.29) is 11.5 Å². The van der Waals surface area contributed by atoms with Crippen LogP contribution >= 0.6 is 11.8 Å². The summed E-state index contributed by atoms with van der Waals surface area (Å²) in [5, 5.41) is 34.5. The van der Waals surface area contributed by atoms with E-state index >= 15 is 0 Å². The maximum atomic E-state index is 9.55. The third-order valence-corrected chi connectivity index (χ3v) is 4.11. The number of carbonyl (C=O) groups is 2. The molecule has 0 fully saturated rings. The normalized spacial score (nSPS) is 10.5. The first-order chi connectivity index (χ1) is 12.7. The van der Waals surface area contributed by atoms with Crippen molar-refractivity contribution in [2.45, 2.75) is 16.3 Å².